The van der Waals surface area contributed by atoms with Crippen LogP contribution in [0.15, 0.2) is 24.3 Å². The van der Waals surface area contributed by atoms with Crippen molar-refractivity contribution in [2.75, 3.05) is 19.0 Å². The van der Waals surface area contributed by atoms with Crippen molar-refractivity contribution in [3.63, 3.8) is 0 Å². The normalized spacial score (nSPS) is 11.7. The number of anilines is 1. The molecule has 1 aromatic carbocycles. The van der Waals surface area contributed by atoms with Crippen LogP contribution < -0.4 is 21.1 Å². The van der Waals surface area contributed by atoms with Crippen molar-refractivity contribution in [2.45, 2.75) is 25.8 Å². The second kappa shape index (κ2) is 7.55. The van der Waals surface area contributed by atoms with E-state index in [1.807, 2.05) is 6.92 Å². The monoisotopic (exact) mass is 251 g/mol. The minimum Gasteiger partial charge on any atom is -0.497 e. The Kier molecular flexibility index (Phi) is 6.00. The number of amides is 2. The second-order valence-corrected chi connectivity index (χ2v) is 4.16. The van der Waals surface area contributed by atoms with Crippen LogP contribution in [0.2, 0.25) is 0 Å². The molecule has 0 aliphatic carbocycles. The first kappa shape index (κ1) is 14.3. The summed E-state index contributed by atoms with van der Waals surface area (Å²) >= 11 is 0. The largest absolute Gasteiger partial charge is 0.497 e. The summed E-state index contributed by atoms with van der Waals surface area (Å²) in [5, 5.41) is 5.62. The summed E-state index contributed by atoms with van der Waals surface area (Å²) in [6.07, 6.45) is 1.79. The number of hydrogen-bond acceptors (Lipinski definition) is 3. The Labute approximate surface area is 108 Å². The summed E-state index contributed by atoms with van der Waals surface area (Å²) in [6.45, 7) is 2.61. The van der Waals surface area contributed by atoms with Crippen LogP contribution in [0.3, 0.4) is 0 Å². The van der Waals surface area contributed by atoms with Gasteiger partial charge in [0.1, 0.15) is 5.75 Å². The quantitative estimate of drug-likeness (QED) is 0.723. The number of carbonyl (C=O) groups excluding carboxylic acids is 1. The third-order valence-electron chi connectivity index (χ3n) is 2.57. The predicted octanol–water partition coefficient (Wildman–Crippen LogP) is 1.94. The summed E-state index contributed by atoms with van der Waals surface area (Å²) in [5.41, 5.74) is 6.15. The van der Waals surface area contributed by atoms with E-state index in [0.29, 0.717) is 6.54 Å². The van der Waals surface area contributed by atoms with Crippen LogP contribution in [0.25, 0.3) is 0 Å². The minimum atomic E-state index is -0.204. The van der Waals surface area contributed by atoms with Crippen molar-refractivity contribution < 1.29 is 9.53 Å². The highest BCUT2D eigenvalue weighted by molar-refractivity contribution is 5.89. The number of rotatable bonds is 6. The summed E-state index contributed by atoms with van der Waals surface area (Å²) < 4.78 is 5.04. The summed E-state index contributed by atoms with van der Waals surface area (Å²) in [4.78, 5) is 11.7. The fraction of sp³-hybridized carbons (Fsp3) is 0.462. The fourth-order valence-electron chi connectivity index (χ4n) is 1.56. The SMILES string of the molecule is COc1ccc(NC(=O)NC(C)CCCN)cc1. The highest BCUT2D eigenvalue weighted by Gasteiger charge is 2.06. The summed E-state index contributed by atoms with van der Waals surface area (Å²) in [7, 11) is 1.61. The molecule has 0 aliphatic rings. The van der Waals surface area contributed by atoms with Gasteiger partial charge < -0.3 is 21.1 Å². The van der Waals surface area contributed by atoms with E-state index < -0.39 is 0 Å². The zero-order valence-corrected chi connectivity index (χ0v) is 10.9. The molecule has 0 bridgehead atoms. The Hall–Kier alpha value is -1.75. The van der Waals surface area contributed by atoms with Gasteiger partial charge in [0.2, 0.25) is 0 Å². The Morgan fingerprint density at radius 3 is 2.61 bits per heavy atom. The van der Waals surface area contributed by atoms with Crippen LogP contribution in [-0.2, 0) is 0 Å². The molecule has 0 radical (unpaired) electrons. The van der Waals surface area contributed by atoms with E-state index in [2.05, 4.69) is 10.6 Å². The van der Waals surface area contributed by atoms with E-state index in [0.717, 1.165) is 24.3 Å². The molecule has 1 rings (SSSR count). The van der Waals surface area contributed by atoms with Gasteiger partial charge >= 0.3 is 6.03 Å². The number of methoxy groups -OCH3 is 1. The standard InChI is InChI=1S/C13H21N3O2/c1-10(4-3-9-14)15-13(17)16-11-5-7-12(18-2)8-6-11/h5-8,10H,3-4,9,14H2,1-2H3,(H2,15,16,17). The van der Waals surface area contributed by atoms with Gasteiger partial charge in [-0.1, -0.05) is 0 Å². The maximum Gasteiger partial charge on any atom is 0.319 e. The third-order valence-corrected chi connectivity index (χ3v) is 2.57. The van der Waals surface area contributed by atoms with E-state index in [-0.39, 0.29) is 12.1 Å². The molecular formula is C13H21N3O2. The summed E-state index contributed by atoms with van der Waals surface area (Å²) in [5.74, 6) is 0.761. The number of nitrogens with two attached hydrogens (primary N) is 1. The van der Waals surface area contributed by atoms with E-state index in [9.17, 15) is 4.79 Å². The maximum atomic E-state index is 11.7. The fourth-order valence-corrected chi connectivity index (χ4v) is 1.56. The van der Waals surface area contributed by atoms with Gasteiger partial charge in [-0.05, 0) is 50.6 Å². The molecule has 0 aromatic heterocycles. The highest BCUT2D eigenvalue weighted by Crippen LogP contribution is 2.14. The minimum absolute atomic E-state index is 0.117. The average molecular weight is 251 g/mol. The lowest BCUT2D eigenvalue weighted by Gasteiger charge is -2.14. The first-order chi connectivity index (χ1) is 8.65. The Bertz CT molecular complexity index is 365. The van der Waals surface area contributed by atoms with E-state index in [1.165, 1.54) is 0 Å². The van der Waals surface area contributed by atoms with Crippen LogP contribution in [0.4, 0.5) is 10.5 Å². The smallest absolute Gasteiger partial charge is 0.319 e. The molecule has 5 heteroatoms. The number of ether oxygens (including phenoxy) is 1. The number of benzene rings is 1. The first-order valence-electron chi connectivity index (χ1n) is 6.07. The van der Waals surface area contributed by atoms with Gasteiger partial charge in [0, 0.05) is 11.7 Å². The molecule has 1 atom stereocenters. The Morgan fingerprint density at radius 1 is 1.39 bits per heavy atom. The van der Waals surface area contributed by atoms with Crippen molar-refractivity contribution in [1.29, 1.82) is 0 Å². The zero-order valence-electron chi connectivity index (χ0n) is 10.9. The topological polar surface area (TPSA) is 76.4 Å². The number of hydrogen-bond donors (Lipinski definition) is 3. The molecule has 4 N–H and O–H groups in total. The molecule has 1 aromatic rings. The molecule has 0 saturated carbocycles. The van der Waals surface area contributed by atoms with Crippen molar-refractivity contribution >= 4 is 11.7 Å². The summed E-state index contributed by atoms with van der Waals surface area (Å²) in [6, 6.07) is 7.10. The average Bonchev–Trinajstić information content (AvgIpc) is 2.37. The zero-order chi connectivity index (χ0) is 13.4. The molecule has 18 heavy (non-hydrogen) atoms. The predicted molar refractivity (Wildman–Crippen MR) is 72.9 cm³/mol. The van der Waals surface area contributed by atoms with Crippen molar-refractivity contribution in [3.05, 3.63) is 24.3 Å². The van der Waals surface area contributed by atoms with Gasteiger partial charge in [-0.25, -0.2) is 4.79 Å². The number of carbonyl (C=O) groups is 1. The molecule has 2 amide bonds. The van der Waals surface area contributed by atoms with E-state index in [4.69, 9.17) is 10.5 Å². The first-order valence-corrected chi connectivity index (χ1v) is 6.07. The molecule has 0 aliphatic heterocycles. The van der Waals surface area contributed by atoms with Crippen molar-refractivity contribution in [3.8, 4) is 5.75 Å². The lowest BCUT2D eigenvalue weighted by molar-refractivity contribution is 0.248. The molecule has 5 nitrogen and oxygen atoms in total. The number of urea groups is 1. The highest BCUT2D eigenvalue weighted by atomic mass is 16.5. The second-order valence-electron chi connectivity index (χ2n) is 4.16. The third kappa shape index (κ3) is 5.05. The van der Waals surface area contributed by atoms with E-state index >= 15 is 0 Å². The van der Waals surface area contributed by atoms with Crippen LogP contribution in [0, 0.1) is 0 Å². The lowest BCUT2D eigenvalue weighted by atomic mass is 10.2. The lowest BCUT2D eigenvalue weighted by Crippen LogP contribution is -2.36. The Balaban J connectivity index is 2.39. The van der Waals surface area contributed by atoms with Crippen LogP contribution in [0.1, 0.15) is 19.8 Å². The van der Waals surface area contributed by atoms with Gasteiger partial charge in [-0.15, -0.1) is 0 Å². The van der Waals surface area contributed by atoms with Crippen LogP contribution in [0.5, 0.6) is 5.75 Å². The van der Waals surface area contributed by atoms with Crippen molar-refractivity contribution in [2.24, 2.45) is 5.73 Å². The van der Waals surface area contributed by atoms with Gasteiger partial charge in [0.05, 0.1) is 7.11 Å². The molecule has 0 heterocycles. The van der Waals surface area contributed by atoms with E-state index in [1.54, 1.807) is 31.4 Å². The molecule has 0 fully saturated rings. The molecule has 1 unspecified atom stereocenters. The Morgan fingerprint density at radius 2 is 2.06 bits per heavy atom. The van der Waals surface area contributed by atoms with Gasteiger partial charge in [-0.2, -0.15) is 0 Å². The molecule has 0 saturated heterocycles. The van der Waals surface area contributed by atoms with Gasteiger partial charge in [0.25, 0.3) is 0 Å². The van der Waals surface area contributed by atoms with Crippen LogP contribution >= 0.6 is 0 Å². The van der Waals surface area contributed by atoms with Crippen LogP contribution in [-0.4, -0.2) is 25.7 Å². The number of nitrogens with one attached hydrogen (secondary N) is 2. The maximum absolute atomic E-state index is 11.7. The molecular weight excluding hydrogens is 230 g/mol. The van der Waals surface area contributed by atoms with Gasteiger partial charge in [-0.3, -0.25) is 0 Å². The van der Waals surface area contributed by atoms with Gasteiger partial charge in [0.15, 0.2) is 0 Å². The van der Waals surface area contributed by atoms with Crippen molar-refractivity contribution in [1.82, 2.24) is 5.32 Å². The molecule has 0 spiro atoms. The molecule has 100 valence electrons.